The zero-order chi connectivity index (χ0) is 76.9. The summed E-state index contributed by atoms with van der Waals surface area (Å²) in [5.74, 6) is -1.30. The molecule has 0 aromatic rings. The van der Waals surface area contributed by atoms with Gasteiger partial charge in [-0.2, -0.15) is 0 Å². The quantitative estimate of drug-likeness (QED) is 0.0222. The number of unbranched alkanes of at least 4 members (excludes halogenated alkanes) is 57. The number of hydrogen-bond donors (Lipinski definition) is 3. The van der Waals surface area contributed by atoms with E-state index in [1.807, 2.05) is 0 Å². The Morgan fingerprint density at radius 2 is 0.457 bits per heavy atom. The van der Waals surface area contributed by atoms with Gasteiger partial charge in [0.1, 0.15) is 19.3 Å². The maximum absolute atomic E-state index is 13.1. The van der Waals surface area contributed by atoms with Gasteiger partial charge < -0.3 is 33.8 Å². The molecule has 0 aromatic heterocycles. The van der Waals surface area contributed by atoms with Crippen LogP contribution in [0.25, 0.3) is 0 Å². The average Bonchev–Trinajstić information content (AvgIpc) is 0.912. The molecule has 0 saturated carbocycles. The largest absolute Gasteiger partial charge is 0.472 e. The Morgan fingerprint density at radius 3 is 0.676 bits per heavy atom. The molecule has 0 spiro atoms. The molecule has 0 heterocycles. The van der Waals surface area contributed by atoms with Crippen molar-refractivity contribution in [1.29, 1.82) is 0 Å². The second-order valence-corrected chi connectivity index (χ2v) is 34.1. The average molecular weight is 1540 g/mol. The van der Waals surface area contributed by atoms with Gasteiger partial charge in [0, 0.05) is 25.7 Å². The van der Waals surface area contributed by atoms with Crippen LogP contribution in [0.3, 0.4) is 0 Å². The van der Waals surface area contributed by atoms with E-state index >= 15 is 0 Å². The van der Waals surface area contributed by atoms with Crippen molar-refractivity contribution in [3.05, 3.63) is 0 Å². The number of esters is 4. The van der Waals surface area contributed by atoms with Gasteiger partial charge in [-0.05, 0) is 31.6 Å². The Bertz CT molecular complexity index is 2000. The molecule has 0 radical (unpaired) electrons. The Hall–Kier alpha value is -1.94. The summed E-state index contributed by atoms with van der Waals surface area (Å²) in [5.41, 5.74) is 0. The van der Waals surface area contributed by atoms with Gasteiger partial charge in [0.2, 0.25) is 0 Å². The first-order valence-electron chi connectivity index (χ1n) is 44.7. The summed E-state index contributed by atoms with van der Waals surface area (Å²) < 4.78 is 68.9. The first-order valence-corrected chi connectivity index (χ1v) is 47.7. The summed E-state index contributed by atoms with van der Waals surface area (Å²) in [7, 11) is -9.92. The van der Waals surface area contributed by atoms with Crippen LogP contribution >= 0.6 is 15.6 Å². The lowest BCUT2D eigenvalue weighted by Crippen LogP contribution is -2.30. The van der Waals surface area contributed by atoms with Crippen molar-refractivity contribution in [2.45, 2.75) is 483 Å². The molecule has 0 amide bonds. The number of rotatable bonds is 86. The molecule has 3 unspecified atom stereocenters. The topological polar surface area (TPSA) is 237 Å². The lowest BCUT2D eigenvalue weighted by molar-refractivity contribution is -0.161. The third-order valence-corrected chi connectivity index (χ3v) is 22.5. The fourth-order valence-electron chi connectivity index (χ4n) is 13.4. The van der Waals surface area contributed by atoms with Crippen LogP contribution in [0.15, 0.2) is 0 Å². The number of carbonyl (C=O) groups excluding carboxylic acids is 4. The van der Waals surface area contributed by atoms with Crippen molar-refractivity contribution in [2.75, 3.05) is 39.6 Å². The number of carbonyl (C=O) groups is 4. The molecule has 3 N–H and O–H groups in total. The maximum atomic E-state index is 13.1. The van der Waals surface area contributed by atoms with Crippen molar-refractivity contribution in [2.24, 2.45) is 5.92 Å². The molecule has 0 aliphatic heterocycles. The summed E-state index contributed by atoms with van der Waals surface area (Å²) in [6, 6.07) is 0. The van der Waals surface area contributed by atoms with Gasteiger partial charge in [-0.25, -0.2) is 9.13 Å². The molecule has 0 aliphatic rings. The van der Waals surface area contributed by atoms with Gasteiger partial charge in [0.15, 0.2) is 12.2 Å². The molecule has 0 fully saturated rings. The molecular weight excluding hydrogens is 1370 g/mol. The second kappa shape index (κ2) is 78.7. The van der Waals surface area contributed by atoms with Crippen LogP contribution in [0.2, 0.25) is 0 Å². The van der Waals surface area contributed by atoms with Crippen LogP contribution in [-0.4, -0.2) is 96.7 Å². The first-order chi connectivity index (χ1) is 51.1. The molecule has 105 heavy (non-hydrogen) atoms. The molecule has 19 heteroatoms. The van der Waals surface area contributed by atoms with Gasteiger partial charge in [-0.1, -0.05) is 413 Å². The minimum absolute atomic E-state index is 0.107. The van der Waals surface area contributed by atoms with Crippen molar-refractivity contribution >= 4 is 39.5 Å². The molecule has 0 bridgehead atoms. The smallest absolute Gasteiger partial charge is 0.462 e. The highest BCUT2D eigenvalue weighted by molar-refractivity contribution is 7.47. The third kappa shape index (κ3) is 78.5. The van der Waals surface area contributed by atoms with Crippen molar-refractivity contribution < 1.29 is 80.2 Å². The van der Waals surface area contributed by atoms with E-state index in [9.17, 15) is 43.2 Å². The fourth-order valence-corrected chi connectivity index (χ4v) is 15.0. The summed E-state index contributed by atoms with van der Waals surface area (Å²) in [4.78, 5) is 73.2. The van der Waals surface area contributed by atoms with Gasteiger partial charge in [0.25, 0.3) is 0 Å². The van der Waals surface area contributed by atoms with E-state index in [0.717, 1.165) is 95.8 Å². The second-order valence-electron chi connectivity index (χ2n) is 31.2. The van der Waals surface area contributed by atoms with Gasteiger partial charge in [-0.3, -0.25) is 37.3 Å². The standard InChI is InChI=1S/C86H168O17P2/c1-6-10-13-16-19-22-25-27-29-31-33-35-37-39-41-43-45-51-56-61-66-71-85(90)102-82(76-97-84(89)70-65-60-55-50-44-42-40-38-36-34-32-30-28-26-23-20-17-14-11-7-2)78-101-105(94,95)99-74-80(87)73-98-104(92,93)100-77-81(75-96-83(88)69-64-59-54-49-24-21-18-15-12-8-3)103-86(91)72-67-62-57-52-47-46-48-53-58-63-68-79(5)9-4/h79-82,87H,6-78H2,1-5H3,(H,92,93)(H,94,95)/t79?,80-,81+,82+/m0/s1. The Kier molecular flexibility index (Phi) is 77.3. The van der Waals surface area contributed by atoms with Crippen LogP contribution in [0.4, 0.5) is 0 Å². The summed E-state index contributed by atoms with van der Waals surface area (Å²) in [6.07, 6.45) is 72.3. The molecule has 0 saturated heterocycles. The Balaban J connectivity index is 5.21. The molecule has 624 valence electrons. The predicted molar refractivity (Wildman–Crippen MR) is 432 cm³/mol. The maximum Gasteiger partial charge on any atom is 0.472 e. The Morgan fingerprint density at radius 1 is 0.267 bits per heavy atom. The van der Waals surface area contributed by atoms with E-state index in [4.69, 9.17) is 37.0 Å². The van der Waals surface area contributed by atoms with Crippen molar-refractivity contribution in [3.63, 3.8) is 0 Å². The van der Waals surface area contributed by atoms with Crippen LogP contribution in [0, 0.1) is 5.92 Å². The van der Waals surface area contributed by atoms with E-state index in [1.165, 1.54) is 289 Å². The summed E-state index contributed by atoms with van der Waals surface area (Å²) >= 11 is 0. The van der Waals surface area contributed by atoms with E-state index < -0.39 is 97.5 Å². The fraction of sp³-hybridized carbons (Fsp3) is 0.953. The predicted octanol–water partition coefficient (Wildman–Crippen LogP) is 26.4. The zero-order valence-corrected chi connectivity index (χ0v) is 70.7. The normalized spacial score (nSPS) is 14.0. The summed E-state index contributed by atoms with van der Waals surface area (Å²) in [6.45, 7) is 7.37. The number of aliphatic hydroxyl groups excluding tert-OH is 1. The molecule has 17 nitrogen and oxygen atoms in total. The van der Waals surface area contributed by atoms with Gasteiger partial charge >= 0.3 is 39.5 Å². The zero-order valence-electron chi connectivity index (χ0n) is 68.9. The van der Waals surface area contributed by atoms with Crippen LogP contribution < -0.4 is 0 Å². The van der Waals surface area contributed by atoms with Crippen molar-refractivity contribution in [3.8, 4) is 0 Å². The van der Waals surface area contributed by atoms with Gasteiger partial charge in [0.05, 0.1) is 26.4 Å². The lowest BCUT2D eigenvalue weighted by atomic mass is 9.99. The third-order valence-electron chi connectivity index (χ3n) is 20.6. The number of aliphatic hydroxyl groups is 1. The number of phosphoric acid groups is 2. The molecule has 0 rings (SSSR count). The van der Waals surface area contributed by atoms with Gasteiger partial charge in [-0.15, -0.1) is 0 Å². The molecular formula is C86H168O17P2. The number of hydrogen-bond acceptors (Lipinski definition) is 15. The minimum atomic E-state index is -4.97. The Labute approximate surface area is 645 Å². The highest BCUT2D eigenvalue weighted by Gasteiger charge is 2.30. The number of phosphoric ester groups is 2. The minimum Gasteiger partial charge on any atom is -0.462 e. The highest BCUT2D eigenvalue weighted by atomic mass is 31.2. The lowest BCUT2D eigenvalue weighted by Gasteiger charge is -2.21. The van der Waals surface area contributed by atoms with Crippen LogP contribution in [0.1, 0.15) is 465 Å². The van der Waals surface area contributed by atoms with Crippen LogP contribution in [0.5, 0.6) is 0 Å². The van der Waals surface area contributed by atoms with E-state index in [2.05, 4.69) is 34.6 Å². The molecule has 6 atom stereocenters. The first kappa shape index (κ1) is 103. The van der Waals surface area contributed by atoms with E-state index in [-0.39, 0.29) is 25.7 Å². The van der Waals surface area contributed by atoms with Crippen LogP contribution in [-0.2, 0) is 65.4 Å². The number of ether oxygens (including phenoxy) is 4. The molecule has 0 aromatic carbocycles. The highest BCUT2D eigenvalue weighted by Crippen LogP contribution is 2.45. The molecule has 0 aliphatic carbocycles. The SMILES string of the molecule is CCCCCCCCCCCCCCCCCCCCCCCC(=O)O[C@H](COC(=O)CCCCCCCCCCCCCCCCCCCCCC)COP(=O)(O)OC[C@@H](O)COP(=O)(O)OC[C@@H](COC(=O)CCCCCCCCCCCC)OC(=O)CCCCCCCCCCCCC(C)CC. The monoisotopic (exact) mass is 1540 g/mol. The van der Waals surface area contributed by atoms with Crippen molar-refractivity contribution in [1.82, 2.24) is 0 Å². The summed E-state index contributed by atoms with van der Waals surface area (Å²) in [5, 5.41) is 10.7. The van der Waals surface area contributed by atoms with E-state index in [0.29, 0.717) is 25.7 Å². The van der Waals surface area contributed by atoms with E-state index in [1.54, 1.807) is 0 Å².